The molecule has 1 aromatic rings. The van der Waals surface area contributed by atoms with Gasteiger partial charge in [-0.3, -0.25) is 0 Å². The minimum Gasteiger partial charge on any atom is -0.448 e. The van der Waals surface area contributed by atoms with Crippen molar-refractivity contribution >= 4 is 16.1 Å². The summed E-state index contributed by atoms with van der Waals surface area (Å²) in [5.41, 5.74) is 0.943. The van der Waals surface area contributed by atoms with Crippen LogP contribution in [0.2, 0.25) is 0 Å². The molecule has 0 radical (unpaired) electrons. The van der Waals surface area contributed by atoms with Crippen LogP contribution < -0.4 is 0 Å². The average Bonchev–Trinajstić information content (AvgIpc) is 2.41. The summed E-state index contributed by atoms with van der Waals surface area (Å²) in [4.78, 5) is 11.9. The van der Waals surface area contributed by atoms with Gasteiger partial charge in [0.05, 0.1) is 17.5 Å². The van der Waals surface area contributed by atoms with Crippen LogP contribution >= 0.6 is 0 Å². The molecule has 1 aliphatic heterocycles. The molecule has 1 saturated heterocycles. The van der Waals surface area contributed by atoms with Crippen LogP contribution in [0, 0.1) is 12.8 Å². The fourth-order valence-corrected chi connectivity index (χ4v) is 3.70. The largest absolute Gasteiger partial charge is 0.448 e. The Kier molecular flexibility index (Phi) is 3.85. The summed E-state index contributed by atoms with van der Waals surface area (Å²) in [5.74, 6) is -0.134. The van der Waals surface area contributed by atoms with Crippen molar-refractivity contribution < 1.29 is 17.9 Å². The number of hydrogen-bond acceptors (Lipinski definition) is 4. The maximum atomic E-state index is 12.6. The first-order chi connectivity index (χ1) is 9.37. The second kappa shape index (κ2) is 5.28. The van der Waals surface area contributed by atoms with Gasteiger partial charge in [0.25, 0.3) is 10.0 Å². The van der Waals surface area contributed by atoms with Gasteiger partial charge in [-0.1, -0.05) is 30.7 Å². The number of benzene rings is 1. The summed E-state index contributed by atoms with van der Waals surface area (Å²) in [6, 6.07) is 5.75. The Morgan fingerprint density at radius 1 is 1.35 bits per heavy atom. The predicted octanol–water partition coefficient (Wildman–Crippen LogP) is 2.33. The summed E-state index contributed by atoms with van der Waals surface area (Å²) < 4.78 is 30.9. The van der Waals surface area contributed by atoms with E-state index >= 15 is 0 Å². The van der Waals surface area contributed by atoms with Gasteiger partial charge < -0.3 is 4.74 Å². The SMILES string of the molecule is C=C[C@@H]1[C@H](C)COC(=O)N1S(=O)(=O)c1ccc(C)cc1. The summed E-state index contributed by atoms with van der Waals surface area (Å²) in [6.45, 7) is 7.49. The van der Waals surface area contributed by atoms with Crippen LogP contribution in [0.4, 0.5) is 4.79 Å². The summed E-state index contributed by atoms with van der Waals surface area (Å²) in [7, 11) is -3.93. The molecule has 6 heteroatoms. The lowest BCUT2D eigenvalue weighted by Crippen LogP contribution is -2.52. The quantitative estimate of drug-likeness (QED) is 0.803. The fourth-order valence-electron chi connectivity index (χ4n) is 2.13. The highest BCUT2D eigenvalue weighted by molar-refractivity contribution is 7.89. The van der Waals surface area contributed by atoms with E-state index in [1.54, 1.807) is 12.1 Å². The zero-order valence-corrected chi connectivity index (χ0v) is 12.3. The molecule has 108 valence electrons. The van der Waals surface area contributed by atoms with Crippen molar-refractivity contribution in [2.75, 3.05) is 6.61 Å². The molecular formula is C14H17NO4S. The number of amides is 1. The Bertz CT molecular complexity index is 621. The van der Waals surface area contributed by atoms with Gasteiger partial charge >= 0.3 is 6.09 Å². The van der Waals surface area contributed by atoms with Crippen LogP contribution in [-0.4, -0.2) is 31.5 Å². The fraction of sp³-hybridized carbons (Fsp3) is 0.357. The highest BCUT2D eigenvalue weighted by Gasteiger charge is 2.41. The number of carbonyl (C=O) groups is 1. The second-order valence-electron chi connectivity index (χ2n) is 4.89. The average molecular weight is 295 g/mol. The second-order valence-corrected chi connectivity index (χ2v) is 6.71. The molecule has 1 aliphatic rings. The molecule has 0 spiro atoms. The molecule has 0 bridgehead atoms. The van der Waals surface area contributed by atoms with Gasteiger partial charge in [-0.05, 0) is 19.1 Å². The smallest absolute Gasteiger partial charge is 0.424 e. The van der Waals surface area contributed by atoms with E-state index in [9.17, 15) is 13.2 Å². The molecule has 2 atom stereocenters. The number of rotatable bonds is 3. The molecule has 1 heterocycles. The minimum absolute atomic E-state index is 0.0704. The lowest BCUT2D eigenvalue weighted by atomic mass is 10.0. The van der Waals surface area contributed by atoms with E-state index in [1.165, 1.54) is 18.2 Å². The van der Waals surface area contributed by atoms with Crippen LogP contribution in [0.3, 0.4) is 0 Å². The Labute approximate surface area is 118 Å². The highest BCUT2D eigenvalue weighted by Crippen LogP contribution is 2.27. The zero-order valence-electron chi connectivity index (χ0n) is 11.4. The van der Waals surface area contributed by atoms with E-state index in [-0.39, 0.29) is 17.4 Å². The molecule has 0 aromatic heterocycles. The van der Waals surface area contributed by atoms with E-state index in [1.807, 2.05) is 13.8 Å². The summed E-state index contributed by atoms with van der Waals surface area (Å²) in [5, 5.41) is 0. The van der Waals surface area contributed by atoms with Crippen molar-refractivity contribution in [3.05, 3.63) is 42.5 Å². The van der Waals surface area contributed by atoms with Crippen molar-refractivity contribution in [1.29, 1.82) is 0 Å². The molecule has 0 N–H and O–H groups in total. The highest BCUT2D eigenvalue weighted by atomic mass is 32.2. The Morgan fingerprint density at radius 3 is 2.50 bits per heavy atom. The number of cyclic esters (lactones) is 1. The molecule has 2 rings (SSSR count). The minimum atomic E-state index is -3.93. The molecule has 1 fully saturated rings. The Balaban J connectivity index is 2.47. The molecule has 1 aromatic carbocycles. The van der Waals surface area contributed by atoms with Crippen molar-refractivity contribution in [2.45, 2.75) is 24.8 Å². The molecule has 20 heavy (non-hydrogen) atoms. The molecule has 0 aliphatic carbocycles. The number of sulfonamides is 1. The normalized spacial score (nSPS) is 23.3. The topological polar surface area (TPSA) is 63.7 Å². The first-order valence-electron chi connectivity index (χ1n) is 6.28. The summed E-state index contributed by atoms with van der Waals surface area (Å²) >= 11 is 0. The standard InChI is InChI=1S/C14H17NO4S/c1-4-13-11(3)9-19-14(16)15(13)20(17,18)12-7-5-10(2)6-8-12/h4-8,11,13H,1,9H2,2-3H3/t11-,13-/m1/s1. The third-order valence-corrected chi connectivity index (χ3v) is 5.10. The van der Waals surface area contributed by atoms with Crippen LogP contribution in [0.15, 0.2) is 41.8 Å². The number of ether oxygens (including phenoxy) is 1. The van der Waals surface area contributed by atoms with Gasteiger partial charge in [0.1, 0.15) is 0 Å². The van der Waals surface area contributed by atoms with Crippen LogP contribution in [0.25, 0.3) is 0 Å². The van der Waals surface area contributed by atoms with Crippen LogP contribution in [-0.2, 0) is 14.8 Å². The monoisotopic (exact) mass is 295 g/mol. The molecule has 0 saturated carbocycles. The molecule has 0 unspecified atom stereocenters. The van der Waals surface area contributed by atoms with Gasteiger partial charge in [-0.25, -0.2) is 13.2 Å². The van der Waals surface area contributed by atoms with Crippen LogP contribution in [0.1, 0.15) is 12.5 Å². The van der Waals surface area contributed by atoms with Crippen molar-refractivity contribution in [3.63, 3.8) is 0 Å². The lowest BCUT2D eigenvalue weighted by molar-refractivity contribution is 0.0601. The van der Waals surface area contributed by atoms with Gasteiger partial charge in [-0.15, -0.1) is 6.58 Å². The maximum Gasteiger partial charge on any atom is 0.424 e. The molecule has 1 amide bonds. The zero-order chi connectivity index (χ0) is 14.9. The predicted molar refractivity (Wildman–Crippen MR) is 74.7 cm³/mol. The van der Waals surface area contributed by atoms with E-state index in [0.29, 0.717) is 0 Å². The van der Waals surface area contributed by atoms with Crippen molar-refractivity contribution in [2.24, 2.45) is 5.92 Å². The van der Waals surface area contributed by atoms with Gasteiger partial charge in [0, 0.05) is 5.92 Å². The Hall–Kier alpha value is -1.82. The number of hydrogen-bond donors (Lipinski definition) is 0. The van der Waals surface area contributed by atoms with Gasteiger partial charge in [-0.2, -0.15) is 4.31 Å². The summed E-state index contributed by atoms with van der Waals surface area (Å²) in [6.07, 6.45) is 0.616. The first-order valence-corrected chi connectivity index (χ1v) is 7.72. The van der Waals surface area contributed by atoms with E-state index in [2.05, 4.69) is 6.58 Å². The van der Waals surface area contributed by atoms with Gasteiger partial charge in [0.2, 0.25) is 0 Å². The molecular weight excluding hydrogens is 278 g/mol. The van der Waals surface area contributed by atoms with Crippen molar-refractivity contribution in [1.82, 2.24) is 4.31 Å². The first kappa shape index (κ1) is 14.6. The third-order valence-electron chi connectivity index (χ3n) is 3.32. The number of aryl methyl sites for hydroxylation is 1. The lowest BCUT2D eigenvalue weighted by Gasteiger charge is -2.36. The maximum absolute atomic E-state index is 12.6. The third kappa shape index (κ3) is 2.43. The van der Waals surface area contributed by atoms with Gasteiger partial charge in [0.15, 0.2) is 0 Å². The van der Waals surface area contributed by atoms with Crippen molar-refractivity contribution in [3.8, 4) is 0 Å². The molecule has 5 nitrogen and oxygen atoms in total. The van der Waals surface area contributed by atoms with E-state index in [0.717, 1.165) is 9.87 Å². The van der Waals surface area contributed by atoms with Crippen LogP contribution in [0.5, 0.6) is 0 Å². The van der Waals surface area contributed by atoms with E-state index < -0.39 is 22.2 Å². The number of carbonyl (C=O) groups excluding carboxylic acids is 1. The number of nitrogens with zero attached hydrogens (tertiary/aromatic N) is 1. The van der Waals surface area contributed by atoms with E-state index in [4.69, 9.17) is 4.74 Å². The Morgan fingerprint density at radius 2 is 1.95 bits per heavy atom.